The number of methoxy groups -OCH3 is 2. The van der Waals surface area contributed by atoms with Gasteiger partial charge in [-0.2, -0.15) is 18.3 Å². The molecule has 1 amide bonds. The molecule has 1 aromatic carbocycles. The van der Waals surface area contributed by atoms with Gasteiger partial charge in [0.1, 0.15) is 18.7 Å². The Balaban J connectivity index is 1.67. The van der Waals surface area contributed by atoms with Gasteiger partial charge in [0.15, 0.2) is 22.8 Å². The van der Waals surface area contributed by atoms with Crippen LogP contribution in [0, 0.1) is 0 Å². The van der Waals surface area contributed by atoms with Crippen molar-refractivity contribution in [3.63, 3.8) is 0 Å². The fourth-order valence-corrected chi connectivity index (χ4v) is 3.83. The number of nitrogens with zero attached hydrogens (tertiary/aromatic N) is 3. The third-order valence-corrected chi connectivity index (χ3v) is 5.65. The Morgan fingerprint density at radius 1 is 1.18 bits per heavy atom. The Morgan fingerprint density at radius 3 is 2.59 bits per heavy atom. The van der Waals surface area contributed by atoms with Crippen molar-refractivity contribution in [1.29, 1.82) is 0 Å². The fourth-order valence-electron chi connectivity index (χ4n) is 3.83. The van der Waals surface area contributed by atoms with Gasteiger partial charge in [0.2, 0.25) is 0 Å². The van der Waals surface area contributed by atoms with E-state index in [1.54, 1.807) is 12.1 Å². The first-order chi connectivity index (χ1) is 16.3. The Hall–Kier alpha value is -3.38. The first kappa shape index (κ1) is 23.8. The summed E-state index contributed by atoms with van der Waals surface area (Å²) < 4.78 is 58.0. The van der Waals surface area contributed by atoms with Crippen molar-refractivity contribution in [2.24, 2.45) is 0 Å². The summed E-state index contributed by atoms with van der Waals surface area (Å²) >= 11 is 0. The maximum atomic E-state index is 13.8. The van der Waals surface area contributed by atoms with Gasteiger partial charge in [-0.1, -0.05) is 0 Å². The second-order valence-corrected chi connectivity index (χ2v) is 7.76. The average Bonchev–Trinajstić information content (AvgIpc) is 3.27. The third-order valence-electron chi connectivity index (χ3n) is 5.65. The van der Waals surface area contributed by atoms with Crippen LogP contribution in [-0.4, -0.2) is 74.1 Å². The number of rotatable bonds is 7. The van der Waals surface area contributed by atoms with Gasteiger partial charge < -0.3 is 24.4 Å². The topological polar surface area (TPSA) is 91.4 Å². The number of ether oxygens (including phenoxy) is 3. The highest BCUT2D eigenvalue weighted by Crippen LogP contribution is 2.35. The van der Waals surface area contributed by atoms with E-state index in [2.05, 4.69) is 15.4 Å². The molecule has 0 atom stereocenters. The summed E-state index contributed by atoms with van der Waals surface area (Å²) in [5, 5.41) is 6.57. The van der Waals surface area contributed by atoms with Crippen molar-refractivity contribution in [3.8, 4) is 22.8 Å². The number of hydrogen-bond donors (Lipinski definition) is 2. The molecule has 4 rings (SSSR count). The molecule has 182 valence electrons. The van der Waals surface area contributed by atoms with Crippen LogP contribution in [0.2, 0.25) is 0 Å². The van der Waals surface area contributed by atoms with Gasteiger partial charge in [-0.25, -0.2) is 9.50 Å². The molecule has 9 nitrogen and oxygen atoms in total. The number of halogens is 3. The number of fused-ring (bicyclic) bond motifs is 1. The Labute approximate surface area is 193 Å². The minimum Gasteiger partial charge on any atom is -0.493 e. The minimum absolute atomic E-state index is 0.0214. The van der Waals surface area contributed by atoms with Crippen molar-refractivity contribution >= 4 is 11.6 Å². The normalized spacial score (nSPS) is 14.9. The number of amides is 1. The molecule has 2 N–H and O–H groups in total. The summed E-state index contributed by atoms with van der Waals surface area (Å²) in [5.41, 5.74) is -0.873. The number of aromatic nitrogens is 3. The summed E-state index contributed by atoms with van der Waals surface area (Å²) in [6.07, 6.45) is -3.61. The van der Waals surface area contributed by atoms with Crippen LogP contribution in [-0.2, 0) is 10.9 Å². The molecule has 0 bridgehead atoms. The Morgan fingerprint density at radius 2 is 1.91 bits per heavy atom. The molecule has 0 saturated carbocycles. The van der Waals surface area contributed by atoms with E-state index < -0.39 is 17.8 Å². The Bertz CT molecular complexity index is 1180. The zero-order chi connectivity index (χ0) is 24.3. The van der Waals surface area contributed by atoms with Gasteiger partial charge in [-0.3, -0.25) is 4.79 Å². The predicted octanol–water partition coefficient (Wildman–Crippen LogP) is 1.08. The highest BCUT2D eigenvalue weighted by Gasteiger charge is 2.36. The zero-order valence-corrected chi connectivity index (χ0v) is 18.7. The van der Waals surface area contributed by atoms with Crippen LogP contribution in [0.4, 0.5) is 13.2 Å². The van der Waals surface area contributed by atoms with Gasteiger partial charge in [-0.05, 0) is 24.3 Å². The number of carbonyl (C=O) groups excluding carboxylic acids is 1. The van der Waals surface area contributed by atoms with Gasteiger partial charge in [0.25, 0.3) is 5.91 Å². The number of carbonyl (C=O) groups is 1. The molecule has 1 aliphatic heterocycles. The van der Waals surface area contributed by atoms with Crippen molar-refractivity contribution in [3.05, 3.63) is 41.7 Å². The van der Waals surface area contributed by atoms with Crippen molar-refractivity contribution in [2.45, 2.75) is 6.18 Å². The summed E-state index contributed by atoms with van der Waals surface area (Å²) in [7, 11) is 2.89. The van der Waals surface area contributed by atoms with Crippen LogP contribution in [0.3, 0.4) is 0 Å². The van der Waals surface area contributed by atoms with Crippen molar-refractivity contribution < 1.29 is 37.1 Å². The molecule has 2 aromatic heterocycles. The van der Waals surface area contributed by atoms with Crippen LogP contribution in [0.5, 0.6) is 11.5 Å². The van der Waals surface area contributed by atoms with Gasteiger partial charge in [-0.15, -0.1) is 0 Å². The number of benzene rings is 1. The smallest absolute Gasteiger partial charge is 0.433 e. The molecule has 0 aliphatic carbocycles. The molecule has 0 radical (unpaired) electrons. The maximum absolute atomic E-state index is 13.8. The van der Waals surface area contributed by atoms with Crippen molar-refractivity contribution in [1.82, 2.24) is 19.9 Å². The number of hydrogen-bond acceptors (Lipinski definition) is 6. The van der Waals surface area contributed by atoms with E-state index in [0.717, 1.165) is 25.4 Å². The second kappa shape index (κ2) is 9.85. The number of nitrogens with one attached hydrogen (secondary N) is 2. The maximum Gasteiger partial charge on any atom is 0.433 e. The Kier molecular flexibility index (Phi) is 6.89. The number of alkyl halides is 3. The monoisotopic (exact) mass is 480 g/mol. The molecule has 1 saturated heterocycles. The first-order valence-electron chi connectivity index (χ1n) is 10.7. The highest BCUT2D eigenvalue weighted by molar-refractivity contribution is 5.99. The molecule has 1 aliphatic rings. The second-order valence-electron chi connectivity index (χ2n) is 7.76. The van der Waals surface area contributed by atoms with Crippen LogP contribution >= 0.6 is 0 Å². The largest absolute Gasteiger partial charge is 0.493 e. The number of morpholine rings is 1. The van der Waals surface area contributed by atoms with Gasteiger partial charge in [0, 0.05) is 5.56 Å². The van der Waals surface area contributed by atoms with E-state index in [-0.39, 0.29) is 16.9 Å². The average molecular weight is 480 g/mol. The lowest BCUT2D eigenvalue weighted by Crippen LogP contribution is -3.14. The molecule has 0 unspecified atom stereocenters. The molecular formula is C22H25F3N5O4+. The van der Waals surface area contributed by atoms with E-state index in [1.165, 1.54) is 25.2 Å². The van der Waals surface area contributed by atoms with Crippen LogP contribution in [0.1, 0.15) is 16.1 Å². The lowest BCUT2D eigenvalue weighted by molar-refractivity contribution is -0.906. The lowest BCUT2D eigenvalue weighted by Gasteiger charge is -2.23. The summed E-state index contributed by atoms with van der Waals surface area (Å²) in [6.45, 7) is 4.08. The standard InChI is InChI=1S/C22H24F3N5O4/c1-32-17-4-3-14(11-18(17)33-2)16-12-19(22(23,24)25)30-20(28-16)15(13-27-30)21(31)26-5-6-29-7-9-34-10-8-29/h3-4,11-13H,5-10H2,1-2H3,(H,26,31)/p+1. The minimum atomic E-state index is -4.72. The molecular weight excluding hydrogens is 455 g/mol. The van der Waals surface area contributed by atoms with Crippen molar-refractivity contribution in [2.75, 3.05) is 53.6 Å². The molecule has 1 fully saturated rings. The van der Waals surface area contributed by atoms with Crippen LogP contribution in [0.15, 0.2) is 30.5 Å². The molecule has 34 heavy (non-hydrogen) atoms. The molecule has 12 heteroatoms. The molecule has 3 heterocycles. The molecule has 0 spiro atoms. The van der Waals surface area contributed by atoms with Crippen LogP contribution in [0.25, 0.3) is 16.9 Å². The van der Waals surface area contributed by atoms with Crippen LogP contribution < -0.4 is 19.7 Å². The number of quaternary nitrogens is 1. The van der Waals surface area contributed by atoms with E-state index in [1.807, 2.05) is 0 Å². The quantitative estimate of drug-likeness (QED) is 0.526. The van der Waals surface area contributed by atoms with E-state index >= 15 is 0 Å². The summed E-state index contributed by atoms with van der Waals surface area (Å²) in [6, 6.07) is 5.57. The lowest BCUT2D eigenvalue weighted by atomic mass is 10.1. The first-order valence-corrected chi connectivity index (χ1v) is 10.7. The van der Waals surface area contributed by atoms with E-state index in [0.29, 0.717) is 47.9 Å². The SMILES string of the molecule is COc1ccc(-c2cc(C(F)(F)F)n3ncc(C(=O)NCC[NH+]4CCOCC4)c3n2)cc1OC. The third kappa shape index (κ3) is 4.92. The molecule has 3 aromatic rings. The fraction of sp³-hybridized carbons (Fsp3) is 0.409. The van der Waals surface area contributed by atoms with E-state index in [4.69, 9.17) is 14.2 Å². The van der Waals surface area contributed by atoms with Gasteiger partial charge in [0.05, 0.1) is 52.4 Å². The predicted molar refractivity (Wildman–Crippen MR) is 115 cm³/mol. The summed E-state index contributed by atoms with van der Waals surface area (Å²) in [4.78, 5) is 18.4. The summed E-state index contributed by atoms with van der Waals surface area (Å²) in [5.74, 6) is 0.232. The van der Waals surface area contributed by atoms with E-state index in [9.17, 15) is 18.0 Å². The zero-order valence-electron chi connectivity index (χ0n) is 18.7. The highest BCUT2D eigenvalue weighted by atomic mass is 19.4. The van der Waals surface area contributed by atoms with Gasteiger partial charge >= 0.3 is 6.18 Å².